The largest absolute Gasteiger partial charge is 0.337 e. The molecule has 0 aliphatic rings. The Labute approximate surface area is 121 Å². The molecular formula is C12H6BrCl2N3. The third-order valence-corrected chi connectivity index (χ3v) is 3.87. The van der Waals surface area contributed by atoms with Gasteiger partial charge in [-0.3, -0.25) is 4.98 Å². The first-order valence-corrected chi connectivity index (χ1v) is 6.65. The smallest absolute Gasteiger partial charge is 0.158 e. The van der Waals surface area contributed by atoms with Crippen molar-refractivity contribution < 1.29 is 0 Å². The number of H-pyrrole nitrogens is 1. The molecule has 3 nitrogen and oxygen atoms in total. The van der Waals surface area contributed by atoms with E-state index < -0.39 is 0 Å². The molecular weight excluding hydrogens is 337 g/mol. The molecule has 0 aliphatic carbocycles. The number of aromatic amines is 1. The van der Waals surface area contributed by atoms with E-state index in [4.69, 9.17) is 23.2 Å². The second-order valence-corrected chi connectivity index (χ2v) is 5.37. The number of imidazole rings is 1. The number of benzene rings is 1. The monoisotopic (exact) mass is 341 g/mol. The summed E-state index contributed by atoms with van der Waals surface area (Å²) in [7, 11) is 0. The lowest BCUT2D eigenvalue weighted by Gasteiger charge is -1.97. The van der Waals surface area contributed by atoms with E-state index in [1.807, 2.05) is 12.1 Å². The molecule has 0 bridgehead atoms. The number of hydrogen-bond acceptors (Lipinski definition) is 2. The van der Waals surface area contributed by atoms with Gasteiger partial charge in [0, 0.05) is 10.7 Å². The fourth-order valence-corrected chi connectivity index (χ4v) is 2.44. The van der Waals surface area contributed by atoms with Crippen molar-refractivity contribution >= 4 is 50.2 Å². The van der Waals surface area contributed by atoms with E-state index in [0.717, 1.165) is 21.2 Å². The molecule has 0 unspecified atom stereocenters. The molecule has 0 spiro atoms. The van der Waals surface area contributed by atoms with Crippen LogP contribution in [0.3, 0.4) is 0 Å². The van der Waals surface area contributed by atoms with Gasteiger partial charge in [-0.25, -0.2) is 4.98 Å². The van der Waals surface area contributed by atoms with E-state index in [0.29, 0.717) is 15.9 Å². The Morgan fingerprint density at radius 2 is 1.94 bits per heavy atom. The van der Waals surface area contributed by atoms with Crippen molar-refractivity contribution in [2.24, 2.45) is 0 Å². The molecule has 0 aliphatic heterocycles. The molecule has 2 heterocycles. The van der Waals surface area contributed by atoms with Crippen molar-refractivity contribution in [1.82, 2.24) is 15.0 Å². The fraction of sp³-hybridized carbons (Fsp3) is 0. The maximum absolute atomic E-state index is 5.97. The number of nitrogens with one attached hydrogen (secondary N) is 1. The number of aromatic nitrogens is 3. The first-order valence-electron chi connectivity index (χ1n) is 5.11. The van der Waals surface area contributed by atoms with Crippen LogP contribution >= 0.6 is 39.1 Å². The standard InChI is InChI=1S/C12H6BrCl2N3/c13-6-2-1-3-16-11(6)12-17-9-4-7(14)8(15)5-10(9)18-12/h1-5H,(H,17,18). The molecule has 1 N–H and O–H groups in total. The van der Waals surface area contributed by atoms with Gasteiger partial charge in [-0.05, 0) is 40.2 Å². The van der Waals surface area contributed by atoms with Crippen molar-refractivity contribution in [2.45, 2.75) is 0 Å². The zero-order chi connectivity index (χ0) is 12.7. The number of halogens is 3. The Morgan fingerprint density at radius 1 is 1.17 bits per heavy atom. The van der Waals surface area contributed by atoms with E-state index in [1.54, 1.807) is 18.3 Å². The van der Waals surface area contributed by atoms with Crippen molar-refractivity contribution in [3.05, 3.63) is 45.0 Å². The van der Waals surface area contributed by atoms with E-state index in [2.05, 4.69) is 30.9 Å². The third-order valence-electron chi connectivity index (χ3n) is 2.51. The molecule has 0 saturated heterocycles. The van der Waals surface area contributed by atoms with Crippen LogP contribution in [0.4, 0.5) is 0 Å². The van der Waals surface area contributed by atoms with E-state index >= 15 is 0 Å². The van der Waals surface area contributed by atoms with E-state index in [1.165, 1.54) is 0 Å². The molecule has 2 aromatic heterocycles. The summed E-state index contributed by atoms with van der Waals surface area (Å²) >= 11 is 15.4. The second-order valence-electron chi connectivity index (χ2n) is 3.70. The second kappa shape index (κ2) is 4.53. The lowest BCUT2D eigenvalue weighted by molar-refractivity contribution is 1.22. The highest BCUT2D eigenvalue weighted by atomic mass is 79.9. The van der Waals surface area contributed by atoms with Crippen LogP contribution in [0.25, 0.3) is 22.6 Å². The van der Waals surface area contributed by atoms with Gasteiger partial charge in [-0.1, -0.05) is 23.2 Å². The first-order chi connectivity index (χ1) is 8.65. The summed E-state index contributed by atoms with van der Waals surface area (Å²) in [5.74, 6) is 0.677. The Morgan fingerprint density at radius 3 is 2.72 bits per heavy atom. The minimum Gasteiger partial charge on any atom is -0.337 e. The predicted octanol–water partition coefficient (Wildman–Crippen LogP) is 4.69. The zero-order valence-electron chi connectivity index (χ0n) is 8.92. The predicted molar refractivity (Wildman–Crippen MR) is 77.0 cm³/mol. The van der Waals surface area contributed by atoms with Gasteiger partial charge in [0.05, 0.1) is 21.1 Å². The summed E-state index contributed by atoms with van der Waals surface area (Å²) in [5.41, 5.74) is 2.34. The normalized spacial score (nSPS) is 11.1. The van der Waals surface area contributed by atoms with E-state index in [9.17, 15) is 0 Å². The minimum absolute atomic E-state index is 0.488. The van der Waals surface area contributed by atoms with Gasteiger partial charge < -0.3 is 4.98 Å². The molecule has 3 aromatic rings. The maximum atomic E-state index is 5.97. The lowest BCUT2D eigenvalue weighted by Crippen LogP contribution is -1.85. The van der Waals surface area contributed by atoms with Gasteiger partial charge in [-0.2, -0.15) is 0 Å². The maximum Gasteiger partial charge on any atom is 0.158 e. The molecule has 90 valence electrons. The van der Waals surface area contributed by atoms with Crippen LogP contribution in [0.5, 0.6) is 0 Å². The Kier molecular flexibility index (Phi) is 3.01. The van der Waals surface area contributed by atoms with Crippen LogP contribution in [0.2, 0.25) is 10.0 Å². The van der Waals surface area contributed by atoms with Gasteiger partial charge in [0.25, 0.3) is 0 Å². The molecule has 6 heteroatoms. The summed E-state index contributed by atoms with van der Waals surface area (Å²) in [4.78, 5) is 11.9. The number of nitrogens with zero attached hydrogens (tertiary/aromatic N) is 2. The number of hydrogen-bond donors (Lipinski definition) is 1. The van der Waals surface area contributed by atoms with Gasteiger partial charge >= 0.3 is 0 Å². The molecule has 0 saturated carbocycles. The van der Waals surface area contributed by atoms with Crippen molar-refractivity contribution in [3.8, 4) is 11.5 Å². The average Bonchev–Trinajstić information content (AvgIpc) is 2.73. The number of fused-ring (bicyclic) bond motifs is 1. The number of rotatable bonds is 1. The summed E-state index contributed by atoms with van der Waals surface area (Å²) < 4.78 is 0.876. The van der Waals surface area contributed by atoms with Gasteiger partial charge in [-0.15, -0.1) is 0 Å². The minimum atomic E-state index is 0.488. The van der Waals surface area contributed by atoms with Crippen LogP contribution in [-0.4, -0.2) is 15.0 Å². The van der Waals surface area contributed by atoms with Crippen molar-refractivity contribution in [3.63, 3.8) is 0 Å². The van der Waals surface area contributed by atoms with Crippen LogP contribution in [0.15, 0.2) is 34.9 Å². The van der Waals surface area contributed by atoms with Crippen LogP contribution < -0.4 is 0 Å². The highest BCUT2D eigenvalue weighted by Crippen LogP contribution is 2.30. The molecule has 0 amide bonds. The molecule has 0 radical (unpaired) electrons. The van der Waals surface area contributed by atoms with Gasteiger partial charge in [0.2, 0.25) is 0 Å². The molecule has 0 fully saturated rings. The molecule has 18 heavy (non-hydrogen) atoms. The van der Waals surface area contributed by atoms with Gasteiger partial charge in [0.15, 0.2) is 5.82 Å². The Bertz CT molecular complexity index is 700. The molecule has 0 atom stereocenters. The fourth-order valence-electron chi connectivity index (χ4n) is 1.68. The van der Waals surface area contributed by atoms with Crippen LogP contribution in [-0.2, 0) is 0 Å². The Hall–Kier alpha value is -1.10. The summed E-state index contributed by atoms with van der Waals surface area (Å²) in [6.45, 7) is 0. The van der Waals surface area contributed by atoms with Crippen LogP contribution in [0.1, 0.15) is 0 Å². The zero-order valence-corrected chi connectivity index (χ0v) is 12.0. The number of pyridine rings is 1. The summed E-state index contributed by atoms with van der Waals surface area (Å²) in [6, 6.07) is 7.25. The summed E-state index contributed by atoms with van der Waals surface area (Å²) in [6.07, 6.45) is 1.72. The highest BCUT2D eigenvalue weighted by molar-refractivity contribution is 9.10. The van der Waals surface area contributed by atoms with Gasteiger partial charge in [0.1, 0.15) is 5.69 Å². The first kappa shape index (κ1) is 12.0. The quantitative estimate of drug-likeness (QED) is 0.696. The van der Waals surface area contributed by atoms with Crippen molar-refractivity contribution in [2.75, 3.05) is 0 Å². The topological polar surface area (TPSA) is 41.6 Å². The average molecular weight is 343 g/mol. The lowest BCUT2D eigenvalue weighted by atomic mass is 10.3. The van der Waals surface area contributed by atoms with Crippen molar-refractivity contribution in [1.29, 1.82) is 0 Å². The Balaban J connectivity index is 2.23. The highest BCUT2D eigenvalue weighted by Gasteiger charge is 2.11. The third kappa shape index (κ3) is 2.00. The summed E-state index contributed by atoms with van der Waals surface area (Å²) in [5, 5.41) is 0.988. The SMILES string of the molecule is Clc1cc2nc(-c3ncccc3Br)[nH]c2cc1Cl. The van der Waals surface area contributed by atoms with Crippen LogP contribution in [0, 0.1) is 0 Å². The molecule has 1 aromatic carbocycles. The molecule has 3 rings (SSSR count). The van der Waals surface area contributed by atoms with E-state index in [-0.39, 0.29) is 0 Å².